The Hall–Kier alpha value is 1.80. The van der Waals surface area contributed by atoms with Crippen LogP contribution in [0.1, 0.15) is 0 Å². The first-order valence-electron chi connectivity index (χ1n) is 0.204. The van der Waals surface area contributed by atoms with Crippen LogP contribution in [0.3, 0.4) is 0 Å². The molecular formula is H6Cl4O2Zr. The summed E-state index contributed by atoms with van der Waals surface area (Å²) in [4.78, 5) is 0. The second-order valence-electron chi connectivity index (χ2n) is 0. The summed E-state index contributed by atoms with van der Waals surface area (Å²) in [5.74, 6) is 0. The Labute approximate surface area is 82.0 Å². The molecule has 0 saturated heterocycles. The molecule has 2 N–H and O–H groups in total. The zero-order chi connectivity index (χ0) is 2.00. The molecule has 0 aliphatic rings. The Morgan fingerprint density at radius 3 is 0.714 bits per heavy atom. The molecule has 2 nitrogen and oxygen atoms in total. The molecule has 0 aromatic rings. The Balaban J connectivity index is -0.000000000500. The van der Waals surface area contributed by atoms with Crippen LogP contribution in [0.25, 0.3) is 0 Å². The first-order valence-corrected chi connectivity index (χ1v) is 1.21. The van der Waals surface area contributed by atoms with Crippen molar-refractivity contribution in [3.05, 3.63) is 0 Å². The van der Waals surface area contributed by atoms with Gasteiger partial charge >= 0.3 is 27.5 Å². The molecule has 0 heterocycles. The van der Waals surface area contributed by atoms with E-state index in [1.54, 1.807) is 0 Å². The molecule has 0 aromatic heterocycles. The van der Waals surface area contributed by atoms with Crippen LogP contribution in [0.4, 0.5) is 0 Å². The van der Waals surface area contributed by atoms with Gasteiger partial charge in [-0.1, -0.05) is 0 Å². The van der Waals surface area contributed by atoms with Gasteiger partial charge in [0.1, 0.15) is 0 Å². The van der Waals surface area contributed by atoms with Crippen LogP contribution in [-0.2, 0) is 27.5 Å². The second-order valence-corrected chi connectivity index (χ2v) is 0. The molecule has 0 rings (SSSR count). The number of rotatable bonds is 0. The van der Waals surface area contributed by atoms with Gasteiger partial charge in [-0.2, -0.15) is 0 Å². The normalized spacial score (nSPS) is 0.429. The van der Waals surface area contributed by atoms with Crippen molar-refractivity contribution < 1.29 is 33.0 Å². The van der Waals surface area contributed by atoms with Crippen LogP contribution in [0.15, 0.2) is 0 Å². The van der Waals surface area contributed by atoms with E-state index in [2.05, 4.69) is 0 Å². The van der Waals surface area contributed by atoms with Crippen LogP contribution < -0.4 is 0 Å². The zero-order valence-corrected chi connectivity index (χ0v) is 8.77. The SMILES string of the molecule is Cl.Cl.Cl.Cl.O.[O]=[Zr]. The van der Waals surface area contributed by atoms with Gasteiger partial charge < -0.3 is 5.48 Å². The maximum absolute atomic E-state index is 8.34. The Bertz CT molecular complexity index is 9.65. The molecule has 0 unspecified atom stereocenters. The summed E-state index contributed by atoms with van der Waals surface area (Å²) >= 11 is 0.300. The second kappa shape index (κ2) is 111. The molecule has 0 radical (unpaired) electrons. The maximum atomic E-state index is 8.34. The van der Waals surface area contributed by atoms with E-state index in [-0.39, 0.29) is 55.1 Å². The molecule has 50 valence electrons. The number of hydrogen-bond acceptors (Lipinski definition) is 1. The van der Waals surface area contributed by atoms with Crippen molar-refractivity contribution in [1.29, 1.82) is 0 Å². The summed E-state index contributed by atoms with van der Waals surface area (Å²) in [5, 5.41) is 0. The van der Waals surface area contributed by atoms with E-state index >= 15 is 0 Å². The summed E-state index contributed by atoms with van der Waals surface area (Å²) in [6.07, 6.45) is 0. The fourth-order valence-electron chi connectivity index (χ4n) is 0. The van der Waals surface area contributed by atoms with Gasteiger partial charge in [0.25, 0.3) is 0 Å². The topological polar surface area (TPSA) is 48.6 Å². The quantitative estimate of drug-likeness (QED) is 0.641. The van der Waals surface area contributed by atoms with E-state index in [9.17, 15) is 0 Å². The van der Waals surface area contributed by atoms with Gasteiger partial charge in [-0.05, 0) is 0 Å². The molecule has 0 atom stereocenters. The van der Waals surface area contributed by atoms with Crippen LogP contribution >= 0.6 is 49.6 Å². The number of halogens is 4. The molecule has 0 saturated carbocycles. The summed E-state index contributed by atoms with van der Waals surface area (Å²) in [7, 11) is 0. The van der Waals surface area contributed by atoms with Crippen LogP contribution in [0.2, 0.25) is 0 Å². The Morgan fingerprint density at radius 1 is 0.714 bits per heavy atom. The van der Waals surface area contributed by atoms with E-state index in [0.717, 1.165) is 0 Å². The van der Waals surface area contributed by atoms with Gasteiger partial charge in [0.05, 0.1) is 0 Å². The molecule has 0 bridgehead atoms. The van der Waals surface area contributed by atoms with E-state index in [1.165, 1.54) is 0 Å². The molecule has 0 fully saturated rings. The third-order valence-corrected chi connectivity index (χ3v) is 0. The third kappa shape index (κ3) is 80.8. The van der Waals surface area contributed by atoms with E-state index < -0.39 is 0 Å². The van der Waals surface area contributed by atoms with Crippen molar-refractivity contribution in [3.8, 4) is 0 Å². The molecule has 7 heavy (non-hydrogen) atoms. The Kier molecular flexibility index (Phi) is 1080. The van der Waals surface area contributed by atoms with Crippen LogP contribution in [-0.4, -0.2) is 5.48 Å². The zero-order valence-electron chi connectivity index (χ0n) is 3.04. The van der Waals surface area contributed by atoms with Crippen molar-refractivity contribution in [2.75, 3.05) is 0 Å². The van der Waals surface area contributed by atoms with Gasteiger partial charge in [0.2, 0.25) is 0 Å². The van der Waals surface area contributed by atoms with Crippen molar-refractivity contribution in [2.24, 2.45) is 0 Å². The third-order valence-electron chi connectivity index (χ3n) is 0. The molecular weight excluding hydrogens is 265 g/mol. The van der Waals surface area contributed by atoms with Crippen LogP contribution in [0.5, 0.6) is 0 Å². The van der Waals surface area contributed by atoms with Crippen molar-refractivity contribution in [2.45, 2.75) is 0 Å². The fourth-order valence-corrected chi connectivity index (χ4v) is 0. The minimum absolute atomic E-state index is 0. The Morgan fingerprint density at radius 2 is 0.714 bits per heavy atom. The predicted molar refractivity (Wildman–Crippen MR) is 33.3 cm³/mol. The average molecular weight is 271 g/mol. The van der Waals surface area contributed by atoms with E-state index in [4.69, 9.17) is 2.81 Å². The summed E-state index contributed by atoms with van der Waals surface area (Å²) < 4.78 is 8.34. The first kappa shape index (κ1) is 68.2. The predicted octanol–water partition coefficient (Wildman–Crippen LogP) is 0.741. The molecule has 0 aliphatic carbocycles. The number of hydrogen-bond donors (Lipinski definition) is 0. The van der Waals surface area contributed by atoms with Crippen molar-refractivity contribution >= 4 is 49.6 Å². The fraction of sp³-hybridized carbons (Fsp3) is 0. The molecule has 0 amide bonds. The van der Waals surface area contributed by atoms with E-state index in [0.29, 0.717) is 24.7 Å². The summed E-state index contributed by atoms with van der Waals surface area (Å²) in [6, 6.07) is 0. The molecule has 0 aliphatic heterocycles. The summed E-state index contributed by atoms with van der Waals surface area (Å²) in [5.41, 5.74) is 0. The minimum atomic E-state index is 0. The van der Waals surface area contributed by atoms with Gasteiger partial charge in [0.15, 0.2) is 0 Å². The first-order chi connectivity index (χ1) is 1.00. The van der Waals surface area contributed by atoms with Gasteiger partial charge in [-0.3, -0.25) is 0 Å². The van der Waals surface area contributed by atoms with Gasteiger partial charge in [-0.25, -0.2) is 0 Å². The summed E-state index contributed by atoms with van der Waals surface area (Å²) in [6.45, 7) is 0. The van der Waals surface area contributed by atoms with Crippen molar-refractivity contribution in [3.63, 3.8) is 0 Å². The average Bonchev–Trinajstić information content (AvgIpc) is 1.00. The molecule has 0 spiro atoms. The van der Waals surface area contributed by atoms with Crippen LogP contribution in [0, 0.1) is 0 Å². The molecule has 0 aromatic carbocycles. The van der Waals surface area contributed by atoms with E-state index in [1.807, 2.05) is 0 Å². The van der Waals surface area contributed by atoms with Crippen molar-refractivity contribution in [1.82, 2.24) is 0 Å². The standard InChI is InChI=1S/4ClH.H2O.O.Zr/h4*1H;1H2;;. The van der Waals surface area contributed by atoms with Gasteiger partial charge in [-0.15, -0.1) is 49.6 Å². The molecule has 7 heteroatoms. The van der Waals surface area contributed by atoms with Gasteiger partial charge in [0, 0.05) is 0 Å². The monoisotopic (exact) mass is 268 g/mol.